The smallest absolute Gasteiger partial charge is 0.253 e. The lowest BCUT2D eigenvalue weighted by Gasteiger charge is -2.22. The Balaban J connectivity index is 3.63. The first-order chi connectivity index (χ1) is 14.2. The molecule has 0 atom stereocenters. The van der Waals surface area contributed by atoms with Crippen LogP contribution in [0.15, 0.2) is 0 Å². The molecule has 0 bridgehead atoms. The monoisotopic (exact) mass is 649 g/mol. The van der Waals surface area contributed by atoms with Gasteiger partial charge in [0.25, 0.3) is 11.8 Å². The second-order valence-corrected chi connectivity index (χ2v) is 8.51. The molecule has 0 heterocycles. The van der Waals surface area contributed by atoms with E-state index in [1.165, 1.54) is 0 Å². The molecule has 12 heteroatoms. The molecule has 0 unspecified atom stereocenters. The molecule has 0 aliphatic carbocycles. The van der Waals surface area contributed by atoms with Gasteiger partial charge in [-0.25, -0.2) is 0 Å². The van der Waals surface area contributed by atoms with Crippen LogP contribution < -0.4 is 16.0 Å². The van der Waals surface area contributed by atoms with E-state index in [0.717, 1.165) is 0 Å². The topological polar surface area (TPSA) is 168 Å². The van der Waals surface area contributed by atoms with Crippen molar-refractivity contribution in [3.63, 3.8) is 0 Å². The Hall–Kier alpha value is -1.07. The number of anilines is 1. The van der Waals surface area contributed by atoms with Crippen LogP contribution in [0, 0.1) is 14.1 Å². The Kier molecular flexibility index (Phi) is 11.4. The first-order valence-corrected chi connectivity index (χ1v) is 11.2. The van der Waals surface area contributed by atoms with Crippen molar-refractivity contribution >= 4 is 68.6 Å². The lowest BCUT2D eigenvalue weighted by atomic mass is 9.99. The quantitative estimate of drug-likeness (QED) is 0.171. The van der Waals surface area contributed by atoms with E-state index in [4.69, 9.17) is 0 Å². The lowest BCUT2D eigenvalue weighted by Crippen LogP contribution is -2.42. The van der Waals surface area contributed by atoms with Gasteiger partial charge in [0.1, 0.15) is 0 Å². The standard InChI is InChI=1S/C18H25I2N3O7/c1-3-11(28)23-16-14(19)12(17(29)21-9(4-24)5-25)8(2)13(15(16)20)18(30)22-10(6-26)7-27/h9-10,24-27H,3-7H2,1-2H3,(H,21,29)(H,22,30)(H,23,28). The molecular formula is C18H25I2N3O7. The maximum absolute atomic E-state index is 12.9. The molecule has 1 aromatic carbocycles. The van der Waals surface area contributed by atoms with Gasteiger partial charge in [0.2, 0.25) is 5.91 Å². The van der Waals surface area contributed by atoms with E-state index in [1.54, 1.807) is 13.8 Å². The number of aliphatic hydroxyl groups excluding tert-OH is 4. The van der Waals surface area contributed by atoms with Crippen LogP contribution in [-0.2, 0) is 4.79 Å². The Bertz CT molecular complexity index is 743. The van der Waals surface area contributed by atoms with Crippen molar-refractivity contribution in [2.24, 2.45) is 0 Å². The molecule has 0 radical (unpaired) electrons. The van der Waals surface area contributed by atoms with Gasteiger partial charge in [0.15, 0.2) is 0 Å². The molecule has 0 aliphatic rings. The number of carbonyl (C=O) groups is 3. The van der Waals surface area contributed by atoms with Crippen molar-refractivity contribution in [2.75, 3.05) is 31.7 Å². The average Bonchev–Trinajstić information content (AvgIpc) is 2.72. The van der Waals surface area contributed by atoms with Crippen LogP contribution in [0.5, 0.6) is 0 Å². The van der Waals surface area contributed by atoms with Crippen molar-refractivity contribution in [3.8, 4) is 0 Å². The van der Waals surface area contributed by atoms with Crippen LogP contribution in [0.25, 0.3) is 0 Å². The second-order valence-electron chi connectivity index (χ2n) is 6.35. The van der Waals surface area contributed by atoms with E-state index >= 15 is 0 Å². The molecule has 3 amide bonds. The third kappa shape index (κ3) is 6.46. The molecule has 0 fully saturated rings. The predicted octanol–water partition coefficient (Wildman–Crippen LogP) is -0.281. The molecule has 0 spiro atoms. The Morgan fingerprint density at radius 3 is 1.50 bits per heavy atom. The summed E-state index contributed by atoms with van der Waals surface area (Å²) in [6, 6.07) is -1.79. The zero-order valence-electron chi connectivity index (χ0n) is 16.5. The van der Waals surface area contributed by atoms with Gasteiger partial charge in [0, 0.05) is 6.42 Å². The SMILES string of the molecule is CCC(=O)Nc1c(I)c(C(=O)NC(CO)CO)c(C)c(C(=O)NC(CO)CO)c1I. The van der Waals surface area contributed by atoms with Crippen molar-refractivity contribution in [2.45, 2.75) is 32.4 Å². The molecule has 168 valence electrons. The van der Waals surface area contributed by atoms with E-state index in [2.05, 4.69) is 16.0 Å². The maximum atomic E-state index is 12.9. The van der Waals surface area contributed by atoms with Crippen molar-refractivity contribution < 1.29 is 34.8 Å². The fourth-order valence-electron chi connectivity index (χ4n) is 2.49. The van der Waals surface area contributed by atoms with Gasteiger partial charge in [-0.2, -0.15) is 0 Å². The van der Waals surface area contributed by atoms with Crippen LogP contribution >= 0.6 is 45.2 Å². The Labute approximate surface area is 201 Å². The number of carbonyl (C=O) groups excluding carboxylic acids is 3. The number of benzene rings is 1. The van der Waals surface area contributed by atoms with Gasteiger partial charge in [-0.1, -0.05) is 6.92 Å². The highest BCUT2D eigenvalue weighted by molar-refractivity contribution is 14.1. The summed E-state index contributed by atoms with van der Waals surface area (Å²) in [7, 11) is 0. The molecule has 0 saturated heterocycles. The largest absolute Gasteiger partial charge is 0.394 e. The molecule has 0 saturated carbocycles. The molecule has 0 aliphatic heterocycles. The van der Waals surface area contributed by atoms with Crippen LogP contribution in [0.3, 0.4) is 0 Å². The van der Waals surface area contributed by atoms with E-state index in [9.17, 15) is 34.8 Å². The minimum atomic E-state index is -0.897. The van der Waals surface area contributed by atoms with Crippen LogP contribution in [0.1, 0.15) is 39.6 Å². The van der Waals surface area contributed by atoms with E-state index in [0.29, 0.717) is 12.7 Å². The van der Waals surface area contributed by atoms with Crippen LogP contribution in [0.4, 0.5) is 5.69 Å². The van der Waals surface area contributed by atoms with Gasteiger partial charge >= 0.3 is 0 Å². The predicted molar refractivity (Wildman–Crippen MR) is 126 cm³/mol. The molecule has 10 nitrogen and oxygen atoms in total. The molecule has 1 rings (SSSR count). The Morgan fingerprint density at radius 2 is 1.20 bits per heavy atom. The van der Waals surface area contributed by atoms with E-state index in [-0.39, 0.29) is 29.1 Å². The number of amides is 3. The summed E-state index contributed by atoms with van der Waals surface area (Å²) in [6.07, 6.45) is 0.178. The first kappa shape index (κ1) is 27.0. The summed E-state index contributed by atoms with van der Waals surface area (Å²) in [5, 5.41) is 44.7. The number of nitrogens with one attached hydrogen (secondary N) is 3. The zero-order valence-corrected chi connectivity index (χ0v) is 20.8. The molecule has 7 N–H and O–H groups in total. The summed E-state index contributed by atoms with van der Waals surface area (Å²) in [5.41, 5.74) is 0.781. The van der Waals surface area contributed by atoms with E-state index < -0.39 is 50.3 Å². The average molecular weight is 649 g/mol. The summed E-state index contributed by atoms with van der Waals surface area (Å²) < 4.78 is 0.779. The number of halogens is 2. The summed E-state index contributed by atoms with van der Waals surface area (Å²) in [4.78, 5) is 37.8. The normalized spacial score (nSPS) is 11.0. The minimum Gasteiger partial charge on any atom is -0.394 e. The highest BCUT2D eigenvalue weighted by Gasteiger charge is 2.29. The lowest BCUT2D eigenvalue weighted by molar-refractivity contribution is -0.115. The first-order valence-electron chi connectivity index (χ1n) is 9.03. The van der Waals surface area contributed by atoms with Gasteiger partial charge in [-0.3, -0.25) is 14.4 Å². The third-order valence-electron chi connectivity index (χ3n) is 4.22. The number of rotatable bonds is 10. The zero-order chi connectivity index (χ0) is 23.0. The van der Waals surface area contributed by atoms with Crippen LogP contribution in [0.2, 0.25) is 0 Å². The summed E-state index contributed by atoms with van der Waals surface area (Å²) in [5.74, 6) is -1.59. The maximum Gasteiger partial charge on any atom is 0.253 e. The van der Waals surface area contributed by atoms with Gasteiger partial charge in [-0.05, 0) is 57.7 Å². The number of aliphatic hydroxyl groups is 4. The van der Waals surface area contributed by atoms with Crippen molar-refractivity contribution in [3.05, 3.63) is 23.8 Å². The Morgan fingerprint density at radius 1 is 0.833 bits per heavy atom. The fraction of sp³-hybridized carbons (Fsp3) is 0.500. The highest BCUT2D eigenvalue weighted by Crippen LogP contribution is 2.35. The number of hydrogen-bond acceptors (Lipinski definition) is 7. The number of hydrogen-bond donors (Lipinski definition) is 7. The van der Waals surface area contributed by atoms with E-state index in [1.807, 2.05) is 45.2 Å². The molecule has 0 aromatic heterocycles. The van der Waals surface area contributed by atoms with Gasteiger partial charge in [-0.15, -0.1) is 0 Å². The molecule has 30 heavy (non-hydrogen) atoms. The molecule has 1 aromatic rings. The summed E-state index contributed by atoms with van der Waals surface area (Å²) >= 11 is 3.78. The van der Waals surface area contributed by atoms with Crippen LogP contribution in [-0.4, -0.2) is 76.7 Å². The highest BCUT2D eigenvalue weighted by atomic mass is 127. The third-order valence-corrected chi connectivity index (χ3v) is 6.38. The van der Waals surface area contributed by atoms with Crippen molar-refractivity contribution in [1.82, 2.24) is 10.6 Å². The van der Waals surface area contributed by atoms with Crippen molar-refractivity contribution in [1.29, 1.82) is 0 Å². The fourth-order valence-corrected chi connectivity index (χ4v) is 5.12. The minimum absolute atomic E-state index is 0.101. The van der Waals surface area contributed by atoms with Gasteiger partial charge < -0.3 is 36.4 Å². The van der Waals surface area contributed by atoms with Gasteiger partial charge in [0.05, 0.1) is 62.5 Å². The summed E-state index contributed by atoms with van der Waals surface area (Å²) in [6.45, 7) is 1.28. The molecular weight excluding hydrogens is 624 g/mol. The second kappa shape index (κ2) is 12.7.